The van der Waals surface area contributed by atoms with Crippen molar-refractivity contribution in [1.29, 1.82) is 0 Å². The lowest BCUT2D eigenvalue weighted by molar-refractivity contribution is -0.137. The molecular formula is C21H27N3O2. The lowest BCUT2D eigenvalue weighted by Gasteiger charge is -2.46. The van der Waals surface area contributed by atoms with E-state index in [0.717, 1.165) is 23.6 Å². The van der Waals surface area contributed by atoms with Crippen molar-refractivity contribution < 1.29 is 9.59 Å². The number of fused-ring (bicyclic) bond motifs is 1. The van der Waals surface area contributed by atoms with Crippen LogP contribution in [0.2, 0.25) is 0 Å². The van der Waals surface area contributed by atoms with Crippen LogP contribution in [-0.2, 0) is 9.59 Å². The van der Waals surface area contributed by atoms with E-state index < -0.39 is 11.8 Å². The van der Waals surface area contributed by atoms with Crippen LogP contribution in [0.5, 0.6) is 0 Å². The van der Waals surface area contributed by atoms with E-state index in [4.69, 9.17) is 0 Å². The Labute approximate surface area is 154 Å². The molecule has 0 unspecified atom stereocenters. The molecule has 0 atom stereocenters. The number of rotatable bonds is 2. The Morgan fingerprint density at radius 1 is 0.923 bits per heavy atom. The van der Waals surface area contributed by atoms with E-state index in [1.165, 1.54) is 0 Å². The fraction of sp³-hybridized carbons (Fsp3) is 0.429. The van der Waals surface area contributed by atoms with Gasteiger partial charge in [-0.25, -0.2) is 0 Å². The summed E-state index contributed by atoms with van der Waals surface area (Å²) in [6.45, 7) is 8.46. The molecule has 0 bridgehead atoms. The van der Waals surface area contributed by atoms with E-state index in [9.17, 15) is 9.59 Å². The van der Waals surface area contributed by atoms with Gasteiger partial charge in [0.05, 0.1) is 0 Å². The van der Waals surface area contributed by atoms with Crippen molar-refractivity contribution in [3.8, 4) is 0 Å². The van der Waals surface area contributed by atoms with E-state index >= 15 is 0 Å². The SMILES string of the molecule is CC1(C)CC(NC(=O)C(=O)Nc2cccc3ccccc23)CC(C)(C)N1. The second-order valence-electron chi connectivity index (χ2n) is 8.45. The number of carbonyl (C=O) groups excluding carboxylic acids is 2. The highest BCUT2D eigenvalue weighted by Crippen LogP contribution is 2.28. The van der Waals surface area contributed by atoms with Gasteiger partial charge in [-0.3, -0.25) is 9.59 Å². The van der Waals surface area contributed by atoms with Crippen molar-refractivity contribution in [3.63, 3.8) is 0 Å². The van der Waals surface area contributed by atoms with Crippen LogP contribution >= 0.6 is 0 Å². The van der Waals surface area contributed by atoms with Gasteiger partial charge in [0.1, 0.15) is 0 Å². The predicted octanol–water partition coefficient (Wildman–Crippen LogP) is 3.20. The largest absolute Gasteiger partial charge is 0.345 e. The Bertz CT molecular complexity index is 821. The maximum atomic E-state index is 12.4. The molecule has 0 aliphatic carbocycles. The van der Waals surface area contributed by atoms with Crippen LogP contribution in [-0.4, -0.2) is 28.9 Å². The van der Waals surface area contributed by atoms with E-state index in [1.54, 1.807) is 0 Å². The molecule has 3 N–H and O–H groups in total. The quantitative estimate of drug-likeness (QED) is 0.726. The minimum atomic E-state index is -0.629. The summed E-state index contributed by atoms with van der Waals surface area (Å²) in [4.78, 5) is 24.8. The van der Waals surface area contributed by atoms with Gasteiger partial charge in [0.2, 0.25) is 0 Å². The van der Waals surface area contributed by atoms with Crippen LogP contribution in [0.1, 0.15) is 40.5 Å². The molecule has 2 aromatic carbocycles. The predicted molar refractivity (Wildman–Crippen MR) is 105 cm³/mol. The molecule has 2 aromatic rings. The summed E-state index contributed by atoms with van der Waals surface area (Å²) in [5.74, 6) is -1.22. The number of hydrogen-bond donors (Lipinski definition) is 3. The number of carbonyl (C=O) groups is 2. The first-order valence-corrected chi connectivity index (χ1v) is 9.04. The van der Waals surface area contributed by atoms with E-state index in [0.29, 0.717) is 5.69 Å². The summed E-state index contributed by atoms with van der Waals surface area (Å²) >= 11 is 0. The van der Waals surface area contributed by atoms with Gasteiger partial charge >= 0.3 is 11.8 Å². The van der Waals surface area contributed by atoms with E-state index in [2.05, 4.69) is 43.6 Å². The van der Waals surface area contributed by atoms with Gasteiger partial charge in [-0.1, -0.05) is 36.4 Å². The topological polar surface area (TPSA) is 70.2 Å². The monoisotopic (exact) mass is 353 g/mol. The average Bonchev–Trinajstić information content (AvgIpc) is 2.52. The highest BCUT2D eigenvalue weighted by atomic mass is 16.2. The molecule has 2 amide bonds. The van der Waals surface area contributed by atoms with Gasteiger partial charge in [0.15, 0.2) is 0 Å². The van der Waals surface area contributed by atoms with Gasteiger partial charge in [-0.15, -0.1) is 0 Å². The lowest BCUT2D eigenvalue weighted by Crippen LogP contribution is -2.62. The minimum Gasteiger partial charge on any atom is -0.345 e. The van der Waals surface area contributed by atoms with E-state index in [1.807, 2.05) is 42.5 Å². The van der Waals surface area contributed by atoms with Gasteiger partial charge in [0, 0.05) is 28.2 Å². The van der Waals surface area contributed by atoms with Crippen LogP contribution < -0.4 is 16.0 Å². The molecule has 5 nitrogen and oxygen atoms in total. The first-order valence-electron chi connectivity index (χ1n) is 9.04. The van der Waals surface area contributed by atoms with Crippen molar-refractivity contribution in [3.05, 3.63) is 42.5 Å². The number of piperidine rings is 1. The Morgan fingerprint density at radius 2 is 1.54 bits per heavy atom. The summed E-state index contributed by atoms with van der Waals surface area (Å²) in [6.07, 6.45) is 1.56. The van der Waals surface area contributed by atoms with Crippen LogP contribution in [0.15, 0.2) is 42.5 Å². The minimum absolute atomic E-state index is 0.0352. The normalized spacial score (nSPS) is 19.1. The summed E-state index contributed by atoms with van der Waals surface area (Å²) in [5, 5.41) is 11.2. The van der Waals surface area contributed by atoms with Crippen molar-refractivity contribution in [2.45, 2.75) is 57.7 Å². The van der Waals surface area contributed by atoms with Gasteiger partial charge in [-0.05, 0) is 52.0 Å². The molecule has 26 heavy (non-hydrogen) atoms. The number of nitrogens with one attached hydrogen (secondary N) is 3. The van der Waals surface area contributed by atoms with Crippen molar-refractivity contribution in [2.24, 2.45) is 0 Å². The molecule has 1 fully saturated rings. The van der Waals surface area contributed by atoms with Gasteiger partial charge < -0.3 is 16.0 Å². The fourth-order valence-corrected chi connectivity index (χ4v) is 4.19. The zero-order valence-corrected chi connectivity index (χ0v) is 15.8. The Morgan fingerprint density at radius 3 is 2.23 bits per heavy atom. The Balaban J connectivity index is 1.69. The Kier molecular flexibility index (Phi) is 4.76. The smallest absolute Gasteiger partial charge is 0.313 e. The zero-order valence-electron chi connectivity index (χ0n) is 15.8. The van der Waals surface area contributed by atoms with Crippen molar-refractivity contribution in [2.75, 3.05) is 5.32 Å². The summed E-state index contributed by atoms with van der Waals surface area (Å²) in [7, 11) is 0. The number of hydrogen-bond acceptors (Lipinski definition) is 3. The molecule has 5 heteroatoms. The molecule has 0 spiro atoms. The maximum Gasteiger partial charge on any atom is 0.313 e. The number of amides is 2. The Hall–Kier alpha value is -2.40. The highest BCUT2D eigenvalue weighted by molar-refractivity contribution is 6.40. The third kappa shape index (κ3) is 4.22. The second-order valence-corrected chi connectivity index (χ2v) is 8.45. The van der Waals surface area contributed by atoms with Gasteiger partial charge in [0.25, 0.3) is 0 Å². The molecule has 1 aliphatic rings. The molecule has 1 saturated heterocycles. The third-order valence-electron chi connectivity index (χ3n) is 4.77. The van der Waals surface area contributed by atoms with Crippen molar-refractivity contribution >= 4 is 28.3 Å². The fourth-order valence-electron chi connectivity index (χ4n) is 4.19. The van der Waals surface area contributed by atoms with Crippen LogP contribution in [0.3, 0.4) is 0 Å². The second kappa shape index (κ2) is 6.72. The zero-order chi connectivity index (χ0) is 18.9. The molecule has 0 saturated carbocycles. The van der Waals surface area contributed by atoms with Gasteiger partial charge in [-0.2, -0.15) is 0 Å². The highest BCUT2D eigenvalue weighted by Gasteiger charge is 2.38. The standard InChI is InChI=1S/C21H27N3O2/c1-20(2)12-15(13-21(3,4)24-20)22-18(25)19(26)23-17-11-7-9-14-8-5-6-10-16(14)17/h5-11,15,24H,12-13H2,1-4H3,(H,22,25)(H,23,26). The third-order valence-corrected chi connectivity index (χ3v) is 4.77. The molecule has 1 heterocycles. The molecule has 0 aromatic heterocycles. The molecule has 3 rings (SSSR count). The van der Waals surface area contributed by atoms with Crippen molar-refractivity contribution in [1.82, 2.24) is 10.6 Å². The average molecular weight is 353 g/mol. The van der Waals surface area contributed by atoms with E-state index in [-0.39, 0.29) is 17.1 Å². The van der Waals surface area contributed by atoms with Crippen LogP contribution in [0.4, 0.5) is 5.69 Å². The van der Waals surface area contributed by atoms with Crippen LogP contribution in [0.25, 0.3) is 10.8 Å². The number of benzene rings is 2. The molecule has 0 radical (unpaired) electrons. The lowest BCUT2D eigenvalue weighted by atomic mass is 9.79. The summed E-state index contributed by atoms with van der Waals surface area (Å²) in [6, 6.07) is 13.4. The first kappa shape index (κ1) is 18.4. The molecule has 1 aliphatic heterocycles. The molecule has 138 valence electrons. The summed E-state index contributed by atoms with van der Waals surface area (Å²) in [5.41, 5.74) is 0.465. The maximum absolute atomic E-state index is 12.4. The molecular weight excluding hydrogens is 326 g/mol. The summed E-state index contributed by atoms with van der Waals surface area (Å²) < 4.78 is 0. The van der Waals surface area contributed by atoms with Crippen LogP contribution in [0, 0.1) is 0 Å². The number of anilines is 1. The first-order chi connectivity index (χ1) is 12.2.